The summed E-state index contributed by atoms with van der Waals surface area (Å²) in [6.07, 6.45) is -8.12. The molecule has 4 rings (SSSR count). The highest BCUT2D eigenvalue weighted by atomic mass is 32.2. The lowest BCUT2D eigenvalue weighted by atomic mass is 10.1. The van der Waals surface area contributed by atoms with Crippen molar-refractivity contribution in [3.8, 4) is 23.1 Å². The van der Waals surface area contributed by atoms with Crippen molar-refractivity contribution >= 4 is 21.1 Å². The van der Waals surface area contributed by atoms with Gasteiger partial charge in [0.2, 0.25) is 10.0 Å². The van der Waals surface area contributed by atoms with Gasteiger partial charge in [0.05, 0.1) is 22.5 Å². The van der Waals surface area contributed by atoms with Crippen LogP contribution < -0.4 is 4.72 Å². The second-order valence-electron chi connectivity index (χ2n) is 7.86. The highest BCUT2D eigenvalue weighted by Crippen LogP contribution is 2.38. The Morgan fingerprint density at radius 3 is 2.22 bits per heavy atom. The van der Waals surface area contributed by atoms with Gasteiger partial charge in [-0.1, -0.05) is 18.2 Å². The molecular formula is C23H15F6N5O2S. The Bertz CT molecular complexity index is 1610. The van der Waals surface area contributed by atoms with Gasteiger partial charge in [-0.3, -0.25) is 9.55 Å². The SMILES string of the molecule is C[C@H](NS(=O)(=O)c1ccc(-c2c(C#N)c3cc(C(F)(F)F)cnc3n2-c2ccccc2)nc1)C(F)(F)F. The van der Waals surface area contributed by atoms with E-state index < -0.39 is 38.9 Å². The molecule has 3 aromatic heterocycles. The normalized spacial score (nSPS) is 13.5. The fourth-order valence-corrected chi connectivity index (χ4v) is 4.72. The Labute approximate surface area is 206 Å². The maximum absolute atomic E-state index is 13.3. The molecule has 14 heteroatoms. The fourth-order valence-electron chi connectivity index (χ4n) is 3.55. The molecule has 0 saturated carbocycles. The third kappa shape index (κ3) is 5.00. The van der Waals surface area contributed by atoms with E-state index in [2.05, 4.69) is 9.97 Å². The first-order valence-corrected chi connectivity index (χ1v) is 11.8. The molecule has 0 bridgehead atoms. The molecule has 0 spiro atoms. The van der Waals surface area contributed by atoms with Gasteiger partial charge in [-0.2, -0.15) is 36.3 Å². The van der Waals surface area contributed by atoms with E-state index in [9.17, 15) is 40.0 Å². The first-order valence-electron chi connectivity index (χ1n) is 10.4. The lowest BCUT2D eigenvalue weighted by Gasteiger charge is -2.17. The number of para-hydroxylation sites is 1. The van der Waals surface area contributed by atoms with Gasteiger partial charge in [0.15, 0.2) is 0 Å². The van der Waals surface area contributed by atoms with Gasteiger partial charge in [-0.15, -0.1) is 0 Å². The highest BCUT2D eigenvalue weighted by Gasteiger charge is 2.39. The molecule has 0 aliphatic heterocycles. The summed E-state index contributed by atoms with van der Waals surface area (Å²) >= 11 is 0. The lowest BCUT2D eigenvalue weighted by Crippen LogP contribution is -2.42. The highest BCUT2D eigenvalue weighted by molar-refractivity contribution is 7.89. The zero-order valence-electron chi connectivity index (χ0n) is 18.6. The number of benzene rings is 1. The van der Waals surface area contributed by atoms with Crippen LogP contribution in [0.25, 0.3) is 28.1 Å². The minimum atomic E-state index is -4.82. The summed E-state index contributed by atoms with van der Waals surface area (Å²) in [7, 11) is -4.61. The molecule has 0 aliphatic carbocycles. The van der Waals surface area contributed by atoms with Gasteiger partial charge >= 0.3 is 12.4 Å². The van der Waals surface area contributed by atoms with E-state index in [1.807, 2.05) is 6.07 Å². The van der Waals surface area contributed by atoms with Gasteiger partial charge in [0, 0.05) is 23.5 Å². The molecule has 0 unspecified atom stereocenters. The number of aromatic nitrogens is 3. The third-order valence-corrected chi connectivity index (χ3v) is 6.90. The Morgan fingerprint density at radius 1 is 1.00 bits per heavy atom. The van der Waals surface area contributed by atoms with Gasteiger partial charge in [-0.25, -0.2) is 13.4 Å². The van der Waals surface area contributed by atoms with E-state index in [1.165, 1.54) is 9.29 Å². The number of nitrogens with zero attached hydrogens (tertiary/aromatic N) is 4. The molecule has 1 N–H and O–H groups in total. The largest absolute Gasteiger partial charge is 0.417 e. The van der Waals surface area contributed by atoms with Crippen LogP contribution in [0.5, 0.6) is 0 Å². The molecule has 0 amide bonds. The van der Waals surface area contributed by atoms with Gasteiger partial charge < -0.3 is 0 Å². The first-order chi connectivity index (χ1) is 17.2. The number of nitriles is 1. The quantitative estimate of drug-likeness (QED) is 0.351. The van der Waals surface area contributed by atoms with E-state index >= 15 is 0 Å². The van der Waals surface area contributed by atoms with E-state index in [1.54, 1.807) is 30.3 Å². The number of nitrogens with one attached hydrogen (secondary N) is 1. The molecule has 0 fully saturated rings. The minimum absolute atomic E-state index is 0.0184. The number of rotatable bonds is 5. The van der Waals surface area contributed by atoms with Crippen molar-refractivity contribution in [3.05, 3.63) is 72.1 Å². The molecule has 0 radical (unpaired) electrons. The molecule has 192 valence electrons. The number of sulfonamides is 1. The standard InChI is InChI=1S/C23H15F6N5O2S/c1-13(22(24,25)26)33-37(35,36)16-7-8-19(31-12-16)20-18(10-30)17-9-14(23(27,28)29)11-32-21(17)34(20)15-5-3-2-4-6-15/h2-9,11-13,33H,1H3/t13-/m0/s1. The van der Waals surface area contributed by atoms with Crippen LogP contribution in [0.4, 0.5) is 26.3 Å². The summed E-state index contributed by atoms with van der Waals surface area (Å²) < 4.78 is 106. The van der Waals surface area contributed by atoms with Crippen LogP contribution in [-0.2, 0) is 16.2 Å². The maximum Gasteiger partial charge on any atom is 0.417 e. The second-order valence-corrected chi connectivity index (χ2v) is 9.58. The monoisotopic (exact) mass is 539 g/mol. The molecule has 1 atom stereocenters. The van der Waals surface area contributed by atoms with Crippen LogP contribution in [-0.4, -0.2) is 35.2 Å². The van der Waals surface area contributed by atoms with Crippen molar-refractivity contribution in [2.24, 2.45) is 0 Å². The Morgan fingerprint density at radius 2 is 1.68 bits per heavy atom. The van der Waals surface area contributed by atoms with Crippen molar-refractivity contribution in [1.29, 1.82) is 5.26 Å². The van der Waals surface area contributed by atoms with Gasteiger partial charge in [0.1, 0.15) is 22.7 Å². The fraction of sp³-hybridized carbons (Fsp3) is 0.174. The first kappa shape index (κ1) is 26.1. The zero-order valence-corrected chi connectivity index (χ0v) is 19.4. The van der Waals surface area contributed by atoms with Crippen LogP contribution in [0.1, 0.15) is 18.1 Å². The Hall–Kier alpha value is -3.96. The van der Waals surface area contributed by atoms with E-state index in [-0.39, 0.29) is 28.0 Å². The number of pyridine rings is 2. The van der Waals surface area contributed by atoms with Crippen LogP contribution in [0, 0.1) is 11.3 Å². The zero-order chi connectivity index (χ0) is 27.2. The summed E-state index contributed by atoms with van der Waals surface area (Å²) in [5, 5.41) is 9.76. The smallest absolute Gasteiger partial charge is 0.291 e. The van der Waals surface area contributed by atoms with E-state index in [4.69, 9.17) is 0 Å². The average Bonchev–Trinajstić information content (AvgIpc) is 3.17. The number of fused-ring (bicyclic) bond motifs is 1. The molecule has 7 nitrogen and oxygen atoms in total. The molecular weight excluding hydrogens is 524 g/mol. The van der Waals surface area contributed by atoms with Crippen molar-refractivity contribution in [2.45, 2.75) is 30.2 Å². The summed E-state index contributed by atoms with van der Waals surface area (Å²) in [4.78, 5) is 7.39. The number of hydrogen-bond acceptors (Lipinski definition) is 5. The molecule has 37 heavy (non-hydrogen) atoms. The Balaban J connectivity index is 1.91. The van der Waals surface area contributed by atoms with Crippen LogP contribution >= 0.6 is 0 Å². The Kier molecular flexibility index (Phi) is 6.47. The topological polar surface area (TPSA) is 101 Å². The van der Waals surface area contributed by atoms with E-state index in [0.717, 1.165) is 24.4 Å². The van der Waals surface area contributed by atoms with Crippen LogP contribution in [0.2, 0.25) is 0 Å². The maximum atomic E-state index is 13.3. The predicted molar refractivity (Wildman–Crippen MR) is 120 cm³/mol. The van der Waals surface area contributed by atoms with Crippen LogP contribution in [0.3, 0.4) is 0 Å². The predicted octanol–water partition coefficient (Wildman–Crippen LogP) is 5.21. The van der Waals surface area contributed by atoms with Crippen LogP contribution in [0.15, 0.2) is 65.8 Å². The molecule has 3 heterocycles. The summed E-state index contributed by atoms with van der Waals surface area (Å²) in [5.74, 6) is 0. The summed E-state index contributed by atoms with van der Waals surface area (Å²) in [5.41, 5.74) is -0.830. The molecule has 0 aliphatic rings. The number of hydrogen-bond donors (Lipinski definition) is 1. The van der Waals surface area contributed by atoms with E-state index in [0.29, 0.717) is 18.8 Å². The molecule has 0 saturated heterocycles. The molecule has 1 aromatic carbocycles. The number of alkyl halides is 6. The second kappa shape index (κ2) is 9.16. The van der Waals surface area contributed by atoms with Gasteiger partial charge in [-0.05, 0) is 37.3 Å². The van der Waals surface area contributed by atoms with Crippen molar-refractivity contribution in [1.82, 2.24) is 19.3 Å². The van der Waals surface area contributed by atoms with Crippen molar-refractivity contribution < 1.29 is 34.8 Å². The van der Waals surface area contributed by atoms with Gasteiger partial charge in [0.25, 0.3) is 0 Å². The van der Waals surface area contributed by atoms with Crippen molar-refractivity contribution in [2.75, 3.05) is 0 Å². The lowest BCUT2D eigenvalue weighted by molar-refractivity contribution is -0.147. The average molecular weight is 539 g/mol. The summed E-state index contributed by atoms with van der Waals surface area (Å²) in [6.45, 7) is 0.638. The molecule has 4 aromatic rings. The number of halogens is 6. The minimum Gasteiger partial charge on any atom is -0.291 e. The van der Waals surface area contributed by atoms with Crippen molar-refractivity contribution in [3.63, 3.8) is 0 Å². The third-order valence-electron chi connectivity index (χ3n) is 5.37. The summed E-state index contributed by atoms with van der Waals surface area (Å²) in [6, 6.07) is 10.6.